The minimum atomic E-state index is -1.64. The van der Waals surface area contributed by atoms with E-state index in [2.05, 4.69) is 5.32 Å². The van der Waals surface area contributed by atoms with Gasteiger partial charge in [0.15, 0.2) is 0 Å². The van der Waals surface area contributed by atoms with E-state index in [4.69, 9.17) is 10.5 Å². The summed E-state index contributed by atoms with van der Waals surface area (Å²) in [6.45, 7) is 3.25. The molecule has 0 saturated carbocycles. The lowest BCUT2D eigenvalue weighted by Crippen LogP contribution is -2.57. The predicted octanol–water partition coefficient (Wildman–Crippen LogP) is 0.570. The Kier molecular flexibility index (Phi) is 2.11. The maximum atomic E-state index is 11.7. The quantitative estimate of drug-likeness (QED) is 0.679. The van der Waals surface area contributed by atoms with Gasteiger partial charge in [-0.15, -0.1) is 0 Å². The van der Waals surface area contributed by atoms with Crippen molar-refractivity contribution in [3.63, 3.8) is 0 Å². The summed E-state index contributed by atoms with van der Waals surface area (Å²) in [4.78, 5) is 22.9. The number of nitrogens with two attached hydrogens (primary N) is 1. The third-order valence-electron chi connectivity index (χ3n) is 2.60. The minimum absolute atomic E-state index is 0.450. The Labute approximate surface area is 92.6 Å². The van der Waals surface area contributed by atoms with E-state index in [9.17, 15) is 9.59 Å². The summed E-state index contributed by atoms with van der Waals surface area (Å²) in [7, 11) is 0. The van der Waals surface area contributed by atoms with Gasteiger partial charge in [-0.25, -0.2) is 0 Å². The number of rotatable bonds is 1. The van der Waals surface area contributed by atoms with Crippen LogP contribution in [0.1, 0.15) is 12.5 Å². The first kappa shape index (κ1) is 10.5. The van der Waals surface area contributed by atoms with Crippen molar-refractivity contribution in [1.82, 2.24) is 0 Å². The summed E-state index contributed by atoms with van der Waals surface area (Å²) < 4.78 is 5.36. The van der Waals surface area contributed by atoms with Gasteiger partial charge in [0, 0.05) is 0 Å². The molecule has 1 aromatic carbocycles. The van der Waals surface area contributed by atoms with E-state index >= 15 is 0 Å². The van der Waals surface area contributed by atoms with E-state index in [1.54, 1.807) is 12.1 Å². The number of nitrogens with one attached hydrogen (secondary N) is 1. The van der Waals surface area contributed by atoms with Crippen LogP contribution in [0, 0.1) is 6.92 Å². The number of hydrogen-bond acceptors (Lipinski definition) is 3. The van der Waals surface area contributed by atoms with Gasteiger partial charge in [-0.1, -0.05) is 6.07 Å². The second-order valence-electron chi connectivity index (χ2n) is 3.95. The highest BCUT2D eigenvalue weighted by Crippen LogP contribution is 2.33. The molecule has 1 aliphatic heterocycles. The van der Waals surface area contributed by atoms with E-state index < -0.39 is 17.4 Å². The fourth-order valence-corrected chi connectivity index (χ4v) is 1.50. The van der Waals surface area contributed by atoms with Crippen LogP contribution in [0.15, 0.2) is 18.2 Å². The molecule has 1 heterocycles. The molecule has 0 spiro atoms. The lowest BCUT2D eigenvalue weighted by molar-refractivity contribution is -0.144. The summed E-state index contributed by atoms with van der Waals surface area (Å²) in [5, 5.41) is 2.61. The van der Waals surface area contributed by atoms with E-state index in [1.165, 1.54) is 6.92 Å². The highest BCUT2D eigenvalue weighted by Gasteiger charge is 2.45. The van der Waals surface area contributed by atoms with Crippen LogP contribution in [0.25, 0.3) is 0 Å². The number of carbonyl (C=O) groups excluding carboxylic acids is 2. The van der Waals surface area contributed by atoms with Crippen LogP contribution in [-0.2, 0) is 9.59 Å². The van der Waals surface area contributed by atoms with E-state index in [-0.39, 0.29) is 0 Å². The summed E-state index contributed by atoms with van der Waals surface area (Å²) in [6, 6.07) is 5.30. The lowest BCUT2D eigenvalue weighted by Gasteiger charge is -2.31. The van der Waals surface area contributed by atoms with Crippen molar-refractivity contribution in [3.8, 4) is 5.75 Å². The highest BCUT2D eigenvalue weighted by molar-refractivity contribution is 6.14. The number of fused-ring (bicyclic) bond motifs is 1. The Hall–Kier alpha value is -2.04. The van der Waals surface area contributed by atoms with Crippen LogP contribution in [0.3, 0.4) is 0 Å². The number of benzene rings is 1. The van der Waals surface area contributed by atoms with Gasteiger partial charge in [-0.3, -0.25) is 9.59 Å². The van der Waals surface area contributed by atoms with Crippen molar-refractivity contribution in [2.24, 2.45) is 5.73 Å². The Morgan fingerprint density at radius 1 is 1.50 bits per heavy atom. The van der Waals surface area contributed by atoms with E-state index in [1.807, 2.05) is 13.0 Å². The number of amides is 2. The van der Waals surface area contributed by atoms with Gasteiger partial charge < -0.3 is 15.8 Å². The van der Waals surface area contributed by atoms with Crippen molar-refractivity contribution in [2.75, 3.05) is 5.32 Å². The molecule has 0 fully saturated rings. The van der Waals surface area contributed by atoms with Crippen molar-refractivity contribution in [1.29, 1.82) is 0 Å². The standard InChI is InChI=1S/C11H12N2O3/c1-6-3-4-8-7(5-6)13-10(15)11(2,16-8)9(12)14/h3-5H,1-2H3,(H2,12,14)(H,13,15)/t11-/m0/s1. The van der Waals surface area contributed by atoms with Crippen LogP contribution in [0.5, 0.6) is 5.75 Å². The zero-order valence-corrected chi connectivity index (χ0v) is 9.03. The molecular formula is C11H12N2O3. The number of hydrogen-bond donors (Lipinski definition) is 2. The van der Waals surface area contributed by atoms with Gasteiger partial charge in [0.25, 0.3) is 17.4 Å². The van der Waals surface area contributed by atoms with Gasteiger partial charge in [0.05, 0.1) is 5.69 Å². The number of aryl methyl sites for hydroxylation is 1. The molecule has 0 aromatic heterocycles. The van der Waals surface area contributed by atoms with Gasteiger partial charge in [0.1, 0.15) is 5.75 Å². The van der Waals surface area contributed by atoms with Crippen molar-refractivity contribution in [2.45, 2.75) is 19.4 Å². The average molecular weight is 220 g/mol. The summed E-state index contributed by atoms with van der Waals surface area (Å²) >= 11 is 0. The topological polar surface area (TPSA) is 81.4 Å². The van der Waals surface area contributed by atoms with Crippen LogP contribution < -0.4 is 15.8 Å². The molecule has 2 rings (SSSR count). The zero-order valence-electron chi connectivity index (χ0n) is 9.03. The van der Waals surface area contributed by atoms with Gasteiger partial charge in [-0.2, -0.15) is 0 Å². The molecular weight excluding hydrogens is 208 g/mol. The van der Waals surface area contributed by atoms with Crippen molar-refractivity contribution < 1.29 is 14.3 Å². The molecule has 2 amide bonds. The first-order chi connectivity index (χ1) is 7.43. The first-order valence-electron chi connectivity index (χ1n) is 4.84. The Bertz CT molecular complexity index is 484. The molecule has 0 bridgehead atoms. The molecule has 1 aromatic rings. The molecule has 3 N–H and O–H groups in total. The second-order valence-corrected chi connectivity index (χ2v) is 3.95. The molecule has 5 heteroatoms. The Morgan fingerprint density at radius 3 is 2.81 bits per heavy atom. The van der Waals surface area contributed by atoms with Crippen LogP contribution >= 0.6 is 0 Å². The Balaban J connectivity index is 2.47. The van der Waals surface area contributed by atoms with Crippen LogP contribution in [-0.4, -0.2) is 17.4 Å². The number of carbonyl (C=O) groups is 2. The van der Waals surface area contributed by atoms with Gasteiger partial charge in [-0.05, 0) is 31.5 Å². The Morgan fingerprint density at radius 2 is 2.19 bits per heavy atom. The normalized spacial score (nSPS) is 23.0. The predicted molar refractivity (Wildman–Crippen MR) is 58.0 cm³/mol. The SMILES string of the molecule is Cc1ccc2c(c1)NC(=O)[C@](C)(C(N)=O)O2. The third-order valence-corrected chi connectivity index (χ3v) is 2.60. The summed E-state index contributed by atoms with van der Waals surface area (Å²) in [6.07, 6.45) is 0. The monoisotopic (exact) mass is 220 g/mol. The third kappa shape index (κ3) is 1.41. The molecule has 84 valence electrons. The van der Waals surface area contributed by atoms with E-state index in [0.29, 0.717) is 11.4 Å². The fourth-order valence-electron chi connectivity index (χ4n) is 1.50. The molecule has 1 atom stereocenters. The minimum Gasteiger partial charge on any atom is -0.466 e. The molecule has 0 aliphatic carbocycles. The van der Waals surface area contributed by atoms with Crippen molar-refractivity contribution in [3.05, 3.63) is 23.8 Å². The average Bonchev–Trinajstić information content (AvgIpc) is 2.20. The maximum absolute atomic E-state index is 11.7. The van der Waals surface area contributed by atoms with Gasteiger partial charge >= 0.3 is 0 Å². The zero-order chi connectivity index (χ0) is 11.9. The smallest absolute Gasteiger partial charge is 0.278 e. The largest absolute Gasteiger partial charge is 0.466 e. The van der Waals surface area contributed by atoms with Crippen molar-refractivity contribution >= 4 is 17.5 Å². The number of primary amides is 1. The molecule has 16 heavy (non-hydrogen) atoms. The molecule has 0 saturated heterocycles. The fraction of sp³-hybridized carbons (Fsp3) is 0.273. The lowest BCUT2D eigenvalue weighted by atomic mass is 10.0. The molecule has 1 aliphatic rings. The summed E-state index contributed by atoms with van der Waals surface area (Å²) in [5.41, 5.74) is 5.07. The number of anilines is 1. The highest BCUT2D eigenvalue weighted by atomic mass is 16.5. The van der Waals surface area contributed by atoms with Crippen LogP contribution in [0.2, 0.25) is 0 Å². The summed E-state index contributed by atoms with van der Waals surface area (Å²) in [5.74, 6) is -0.902. The van der Waals surface area contributed by atoms with Crippen LogP contribution in [0.4, 0.5) is 5.69 Å². The number of ether oxygens (including phenoxy) is 1. The van der Waals surface area contributed by atoms with E-state index in [0.717, 1.165) is 5.56 Å². The first-order valence-corrected chi connectivity index (χ1v) is 4.84. The molecule has 5 nitrogen and oxygen atoms in total. The second kappa shape index (κ2) is 3.23. The maximum Gasteiger partial charge on any atom is 0.278 e. The van der Waals surface area contributed by atoms with Gasteiger partial charge in [0.2, 0.25) is 0 Å². The molecule has 0 radical (unpaired) electrons. The molecule has 0 unspecified atom stereocenters.